The molecule has 0 aromatic heterocycles. The third-order valence-electron chi connectivity index (χ3n) is 4.24. The second-order valence-electron chi connectivity index (χ2n) is 6.03. The first-order valence-electron chi connectivity index (χ1n) is 8.27. The lowest BCUT2D eigenvalue weighted by Crippen LogP contribution is -2.38. The molecule has 1 atom stereocenters. The van der Waals surface area contributed by atoms with Crippen LogP contribution in [0.1, 0.15) is 34.0 Å². The van der Waals surface area contributed by atoms with E-state index in [-0.39, 0.29) is 12.5 Å². The van der Waals surface area contributed by atoms with Crippen molar-refractivity contribution in [2.24, 2.45) is 5.73 Å². The zero-order valence-electron chi connectivity index (χ0n) is 13.8. The molecular formula is C19H21ClN2O3. The van der Waals surface area contributed by atoms with E-state index < -0.39 is 6.10 Å². The monoisotopic (exact) mass is 360 g/mol. The molecule has 0 aliphatic carbocycles. The second-order valence-corrected chi connectivity index (χ2v) is 6.47. The average Bonchev–Trinajstić information content (AvgIpc) is 2.61. The summed E-state index contributed by atoms with van der Waals surface area (Å²) in [6.07, 6.45) is -0.00142. The van der Waals surface area contributed by atoms with Gasteiger partial charge in [-0.1, -0.05) is 35.9 Å². The topological polar surface area (TPSA) is 75.8 Å². The number of aliphatic hydroxyl groups excluding tert-OH is 1. The zero-order chi connectivity index (χ0) is 17.8. The van der Waals surface area contributed by atoms with Gasteiger partial charge in [-0.3, -0.25) is 4.79 Å². The molecule has 0 saturated carbocycles. The SMILES string of the molecule is NCCCOc1cc(Cl)ccc1C(=O)N1Cc2ccccc2[C@@H](O)C1. The highest BCUT2D eigenvalue weighted by Crippen LogP contribution is 2.30. The van der Waals surface area contributed by atoms with Crippen molar-refractivity contribution in [1.82, 2.24) is 4.90 Å². The van der Waals surface area contributed by atoms with Crippen molar-refractivity contribution in [1.29, 1.82) is 0 Å². The minimum absolute atomic E-state index is 0.187. The second kappa shape index (κ2) is 7.87. The van der Waals surface area contributed by atoms with Crippen LogP contribution in [0.4, 0.5) is 0 Å². The number of hydrogen-bond acceptors (Lipinski definition) is 4. The van der Waals surface area contributed by atoms with Crippen LogP contribution in [0, 0.1) is 0 Å². The molecule has 2 aromatic carbocycles. The van der Waals surface area contributed by atoms with Crippen LogP contribution in [0.3, 0.4) is 0 Å². The lowest BCUT2D eigenvalue weighted by Gasteiger charge is -2.32. The molecule has 1 aliphatic rings. The summed E-state index contributed by atoms with van der Waals surface area (Å²) in [5.41, 5.74) is 7.76. The van der Waals surface area contributed by atoms with E-state index in [1.807, 2.05) is 24.3 Å². The predicted octanol–water partition coefficient (Wildman–Crippen LogP) is 2.76. The van der Waals surface area contributed by atoms with Gasteiger partial charge in [-0.25, -0.2) is 0 Å². The Labute approximate surface area is 152 Å². The van der Waals surface area contributed by atoms with Crippen molar-refractivity contribution in [2.75, 3.05) is 19.7 Å². The molecule has 0 spiro atoms. The predicted molar refractivity (Wildman–Crippen MR) is 96.8 cm³/mol. The fourth-order valence-electron chi connectivity index (χ4n) is 2.96. The fourth-order valence-corrected chi connectivity index (χ4v) is 3.13. The molecule has 5 nitrogen and oxygen atoms in total. The highest BCUT2D eigenvalue weighted by molar-refractivity contribution is 6.30. The quantitative estimate of drug-likeness (QED) is 0.804. The molecule has 1 amide bonds. The van der Waals surface area contributed by atoms with Gasteiger partial charge in [0.15, 0.2) is 0 Å². The number of ether oxygens (including phenoxy) is 1. The number of halogens is 1. The van der Waals surface area contributed by atoms with E-state index in [2.05, 4.69) is 0 Å². The summed E-state index contributed by atoms with van der Waals surface area (Å²) in [6, 6.07) is 12.6. The fraction of sp³-hybridized carbons (Fsp3) is 0.316. The van der Waals surface area contributed by atoms with Crippen molar-refractivity contribution in [3.05, 3.63) is 64.2 Å². The first kappa shape index (κ1) is 17.7. The molecule has 1 heterocycles. The summed E-state index contributed by atoms with van der Waals surface area (Å²) >= 11 is 6.04. The van der Waals surface area contributed by atoms with Gasteiger partial charge < -0.3 is 20.5 Å². The number of nitrogens with two attached hydrogens (primary N) is 1. The minimum Gasteiger partial charge on any atom is -0.493 e. The molecule has 132 valence electrons. The van der Waals surface area contributed by atoms with Crippen LogP contribution in [0.15, 0.2) is 42.5 Å². The van der Waals surface area contributed by atoms with Gasteiger partial charge >= 0.3 is 0 Å². The van der Waals surface area contributed by atoms with E-state index in [1.54, 1.807) is 23.1 Å². The molecule has 1 aliphatic heterocycles. The van der Waals surface area contributed by atoms with Crippen LogP contribution >= 0.6 is 11.6 Å². The van der Waals surface area contributed by atoms with Gasteiger partial charge in [0.05, 0.1) is 24.8 Å². The number of rotatable bonds is 5. The maximum Gasteiger partial charge on any atom is 0.258 e. The van der Waals surface area contributed by atoms with Gasteiger partial charge in [0.1, 0.15) is 5.75 Å². The Kier molecular flexibility index (Phi) is 5.58. The summed E-state index contributed by atoms with van der Waals surface area (Å²) < 4.78 is 5.69. The maximum atomic E-state index is 13.0. The highest BCUT2D eigenvalue weighted by Gasteiger charge is 2.28. The Bertz CT molecular complexity index is 766. The Hall–Kier alpha value is -2.08. The number of nitrogens with zero attached hydrogens (tertiary/aromatic N) is 1. The van der Waals surface area contributed by atoms with Crippen molar-refractivity contribution < 1.29 is 14.6 Å². The summed E-state index contributed by atoms with van der Waals surface area (Å²) in [6.45, 7) is 1.64. The van der Waals surface area contributed by atoms with E-state index in [0.29, 0.717) is 42.5 Å². The van der Waals surface area contributed by atoms with Crippen molar-refractivity contribution >= 4 is 17.5 Å². The summed E-state index contributed by atoms with van der Waals surface area (Å²) in [5, 5.41) is 10.9. The number of carbonyl (C=O) groups excluding carboxylic acids is 1. The van der Waals surface area contributed by atoms with Gasteiger partial charge in [-0.05, 0) is 42.3 Å². The van der Waals surface area contributed by atoms with Crippen LogP contribution in [0.25, 0.3) is 0 Å². The smallest absolute Gasteiger partial charge is 0.258 e. The molecule has 3 N–H and O–H groups in total. The van der Waals surface area contributed by atoms with Gasteiger partial charge in [0, 0.05) is 11.6 Å². The van der Waals surface area contributed by atoms with Gasteiger partial charge in [0.25, 0.3) is 5.91 Å². The Balaban J connectivity index is 1.84. The Morgan fingerprint density at radius 1 is 1.32 bits per heavy atom. The van der Waals surface area contributed by atoms with Crippen LogP contribution in [-0.4, -0.2) is 35.6 Å². The van der Waals surface area contributed by atoms with Crippen molar-refractivity contribution in [2.45, 2.75) is 19.1 Å². The summed E-state index contributed by atoms with van der Waals surface area (Å²) in [7, 11) is 0. The first-order chi connectivity index (χ1) is 12.1. The maximum absolute atomic E-state index is 13.0. The molecule has 0 bridgehead atoms. The third-order valence-corrected chi connectivity index (χ3v) is 4.47. The molecule has 3 rings (SSSR count). The number of β-amino-alcohol motifs (C(OH)–C–C–N with tert-alkyl or cyclic N) is 1. The minimum atomic E-state index is -0.692. The Morgan fingerprint density at radius 2 is 2.12 bits per heavy atom. The van der Waals surface area contributed by atoms with E-state index in [0.717, 1.165) is 11.1 Å². The highest BCUT2D eigenvalue weighted by atomic mass is 35.5. The lowest BCUT2D eigenvalue weighted by atomic mass is 9.97. The summed E-state index contributed by atoms with van der Waals surface area (Å²) in [5.74, 6) is 0.257. The molecule has 0 radical (unpaired) electrons. The van der Waals surface area contributed by atoms with E-state index in [1.165, 1.54) is 0 Å². The molecule has 25 heavy (non-hydrogen) atoms. The van der Waals surface area contributed by atoms with Crippen LogP contribution < -0.4 is 10.5 Å². The van der Waals surface area contributed by atoms with Crippen molar-refractivity contribution in [3.8, 4) is 5.75 Å². The molecule has 2 aromatic rings. The van der Waals surface area contributed by atoms with E-state index >= 15 is 0 Å². The normalized spacial score (nSPS) is 16.4. The lowest BCUT2D eigenvalue weighted by molar-refractivity contribution is 0.0546. The van der Waals surface area contributed by atoms with E-state index in [9.17, 15) is 9.90 Å². The average molecular weight is 361 g/mol. The number of carbonyl (C=O) groups is 1. The van der Waals surface area contributed by atoms with Gasteiger partial charge in [-0.15, -0.1) is 0 Å². The van der Waals surface area contributed by atoms with Crippen LogP contribution in [-0.2, 0) is 6.54 Å². The molecule has 0 fully saturated rings. The standard InChI is InChI=1S/C19H21ClN2O3/c20-14-6-7-16(18(10-14)25-9-3-8-21)19(24)22-11-13-4-1-2-5-15(13)17(23)12-22/h1-2,4-7,10,17,23H,3,8-9,11-12,21H2/t17-/m0/s1. The molecule has 0 saturated heterocycles. The number of amides is 1. The molecule has 0 unspecified atom stereocenters. The van der Waals surface area contributed by atoms with Crippen LogP contribution in [0.2, 0.25) is 5.02 Å². The zero-order valence-corrected chi connectivity index (χ0v) is 14.6. The number of fused-ring (bicyclic) bond motifs is 1. The van der Waals surface area contributed by atoms with Crippen molar-refractivity contribution in [3.63, 3.8) is 0 Å². The Morgan fingerprint density at radius 3 is 2.92 bits per heavy atom. The number of aliphatic hydroxyl groups is 1. The number of benzene rings is 2. The third kappa shape index (κ3) is 3.95. The number of hydrogen-bond donors (Lipinski definition) is 2. The molecule has 6 heteroatoms. The van der Waals surface area contributed by atoms with Crippen LogP contribution in [0.5, 0.6) is 5.75 Å². The van der Waals surface area contributed by atoms with E-state index in [4.69, 9.17) is 22.1 Å². The molecular weight excluding hydrogens is 340 g/mol. The largest absolute Gasteiger partial charge is 0.493 e. The summed E-state index contributed by atoms with van der Waals surface area (Å²) in [4.78, 5) is 14.6. The first-order valence-corrected chi connectivity index (χ1v) is 8.65. The van der Waals surface area contributed by atoms with Gasteiger partial charge in [0.2, 0.25) is 0 Å². The van der Waals surface area contributed by atoms with Gasteiger partial charge in [-0.2, -0.15) is 0 Å².